The third-order valence-corrected chi connectivity index (χ3v) is 5.31. The molecule has 2 aromatic carbocycles. The normalized spacial score (nSPS) is 14.0. The van der Waals surface area contributed by atoms with Gasteiger partial charge in [0.05, 0.1) is 11.9 Å². The molecule has 0 radical (unpaired) electrons. The monoisotopic (exact) mass is 381 g/mol. The minimum atomic E-state index is -3.38. The Morgan fingerprint density at radius 1 is 1.19 bits per heavy atom. The predicted octanol–water partition coefficient (Wildman–Crippen LogP) is 2.94. The number of hydrogen-bond acceptors (Lipinski definition) is 4. The molecule has 0 amide bonds. The van der Waals surface area contributed by atoms with Crippen LogP contribution in [0.1, 0.15) is 22.3 Å². The highest BCUT2D eigenvalue weighted by molar-refractivity contribution is 7.92. The molecular formula is C18H17F2NO4S. The van der Waals surface area contributed by atoms with E-state index in [1.165, 1.54) is 10.4 Å². The first-order valence-electron chi connectivity index (χ1n) is 7.97. The van der Waals surface area contributed by atoms with Crippen molar-refractivity contribution in [1.82, 2.24) is 0 Å². The van der Waals surface area contributed by atoms with Crippen LogP contribution in [0.4, 0.5) is 14.5 Å². The van der Waals surface area contributed by atoms with Gasteiger partial charge >= 0.3 is 0 Å². The summed E-state index contributed by atoms with van der Waals surface area (Å²) < 4.78 is 56.6. The molecule has 0 bridgehead atoms. The Hall–Kier alpha value is -2.48. The quantitative estimate of drug-likeness (QED) is 0.747. The number of carbonyl (C=O) groups excluding carboxylic acids is 1. The summed E-state index contributed by atoms with van der Waals surface area (Å²) in [5.41, 5.74) is 1.68. The fourth-order valence-corrected chi connectivity index (χ4v) is 3.90. The van der Waals surface area contributed by atoms with Crippen molar-refractivity contribution in [2.24, 2.45) is 0 Å². The third-order valence-electron chi connectivity index (χ3n) is 4.13. The summed E-state index contributed by atoms with van der Waals surface area (Å²) in [7, 11) is -3.38. The molecule has 3 rings (SSSR count). The number of fused-ring (bicyclic) bond motifs is 1. The van der Waals surface area contributed by atoms with E-state index < -0.39 is 28.3 Å². The van der Waals surface area contributed by atoms with Gasteiger partial charge in [-0.25, -0.2) is 17.2 Å². The van der Waals surface area contributed by atoms with E-state index in [1.807, 2.05) is 0 Å². The van der Waals surface area contributed by atoms with E-state index in [9.17, 15) is 22.0 Å². The Labute approximate surface area is 150 Å². The molecule has 138 valence electrons. The number of nitrogens with zero attached hydrogens (tertiary/aromatic N) is 1. The SMILES string of the molecule is CS(=O)(=O)N1CCCc2cc(C(=O)COc3ccc(F)cc3F)ccc21. The van der Waals surface area contributed by atoms with Gasteiger partial charge in [-0.05, 0) is 48.7 Å². The van der Waals surface area contributed by atoms with Crippen LogP contribution >= 0.6 is 0 Å². The maximum Gasteiger partial charge on any atom is 0.232 e. The van der Waals surface area contributed by atoms with Gasteiger partial charge in [0.25, 0.3) is 0 Å². The van der Waals surface area contributed by atoms with Crippen LogP contribution in [0.15, 0.2) is 36.4 Å². The number of halogens is 2. The molecule has 0 saturated heterocycles. The molecule has 0 unspecified atom stereocenters. The highest BCUT2D eigenvalue weighted by Gasteiger charge is 2.24. The first kappa shape index (κ1) is 18.3. The molecule has 26 heavy (non-hydrogen) atoms. The zero-order chi connectivity index (χ0) is 18.9. The molecule has 0 saturated carbocycles. The van der Waals surface area contributed by atoms with Gasteiger partial charge in [-0.3, -0.25) is 9.10 Å². The van der Waals surface area contributed by atoms with Crippen LogP contribution in [0.25, 0.3) is 0 Å². The molecule has 5 nitrogen and oxygen atoms in total. The summed E-state index contributed by atoms with van der Waals surface area (Å²) in [5, 5.41) is 0. The first-order valence-corrected chi connectivity index (χ1v) is 9.82. The van der Waals surface area contributed by atoms with Crippen molar-refractivity contribution in [1.29, 1.82) is 0 Å². The second-order valence-corrected chi connectivity index (χ2v) is 7.98. The Morgan fingerprint density at radius 3 is 2.65 bits per heavy atom. The van der Waals surface area contributed by atoms with Gasteiger partial charge in [-0.1, -0.05) is 0 Å². The number of anilines is 1. The van der Waals surface area contributed by atoms with Crippen LogP contribution in [-0.4, -0.2) is 33.6 Å². The summed E-state index contributed by atoms with van der Waals surface area (Å²) in [6.07, 6.45) is 2.47. The van der Waals surface area contributed by atoms with Crippen molar-refractivity contribution in [3.63, 3.8) is 0 Å². The maximum absolute atomic E-state index is 13.5. The smallest absolute Gasteiger partial charge is 0.232 e. The van der Waals surface area contributed by atoms with Gasteiger partial charge in [0, 0.05) is 18.2 Å². The highest BCUT2D eigenvalue weighted by atomic mass is 32.2. The van der Waals surface area contributed by atoms with Crippen molar-refractivity contribution in [3.8, 4) is 5.75 Å². The fourth-order valence-electron chi connectivity index (χ4n) is 2.90. The van der Waals surface area contributed by atoms with E-state index in [0.717, 1.165) is 24.0 Å². The number of aryl methyl sites for hydroxylation is 1. The number of benzene rings is 2. The molecule has 2 aromatic rings. The lowest BCUT2D eigenvalue weighted by molar-refractivity contribution is 0.0918. The van der Waals surface area contributed by atoms with Crippen molar-refractivity contribution in [2.45, 2.75) is 12.8 Å². The summed E-state index contributed by atoms with van der Waals surface area (Å²) in [5.74, 6) is -2.20. The van der Waals surface area contributed by atoms with Crippen molar-refractivity contribution in [2.75, 3.05) is 23.7 Å². The molecule has 8 heteroatoms. The second-order valence-electron chi connectivity index (χ2n) is 6.07. The Kier molecular flexibility index (Phi) is 4.95. The topological polar surface area (TPSA) is 63.7 Å². The lowest BCUT2D eigenvalue weighted by Crippen LogP contribution is -2.34. The molecule has 0 aromatic heterocycles. The average molecular weight is 381 g/mol. The van der Waals surface area contributed by atoms with Gasteiger partial charge in [0.2, 0.25) is 10.0 Å². The number of carbonyl (C=O) groups is 1. The molecule has 0 N–H and O–H groups in total. The van der Waals surface area contributed by atoms with Gasteiger partial charge < -0.3 is 4.74 Å². The molecule has 1 aliphatic rings. The number of sulfonamides is 1. The van der Waals surface area contributed by atoms with Crippen molar-refractivity contribution < 1.29 is 26.7 Å². The van der Waals surface area contributed by atoms with E-state index in [-0.39, 0.29) is 11.5 Å². The van der Waals surface area contributed by atoms with Gasteiger partial charge in [0.15, 0.2) is 24.0 Å². The maximum atomic E-state index is 13.5. The lowest BCUT2D eigenvalue weighted by Gasteiger charge is -2.29. The van der Waals surface area contributed by atoms with Crippen LogP contribution in [0, 0.1) is 11.6 Å². The van der Waals surface area contributed by atoms with E-state index in [2.05, 4.69) is 0 Å². The molecule has 0 spiro atoms. The van der Waals surface area contributed by atoms with E-state index >= 15 is 0 Å². The standard InChI is InChI=1S/C18H17F2NO4S/c1-26(23,24)21-8-2-3-12-9-13(4-6-16(12)21)17(22)11-25-18-7-5-14(19)10-15(18)20/h4-7,9-10H,2-3,8,11H2,1H3. The largest absolute Gasteiger partial charge is 0.482 e. The minimum Gasteiger partial charge on any atom is -0.482 e. The lowest BCUT2D eigenvalue weighted by atomic mass is 9.99. The van der Waals surface area contributed by atoms with E-state index in [1.54, 1.807) is 12.1 Å². The van der Waals surface area contributed by atoms with Crippen LogP contribution in [0.5, 0.6) is 5.75 Å². The van der Waals surface area contributed by atoms with Gasteiger partial charge in [0.1, 0.15) is 5.82 Å². The Bertz CT molecular complexity index is 960. The van der Waals surface area contributed by atoms with Crippen molar-refractivity contribution in [3.05, 3.63) is 59.2 Å². The zero-order valence-corrected chi connectivity index (χ0v) is 14.9. The number of rotatable bonds is 5. The number of ketones is 1. The number of Topliss-reactive ketones (excluding diaryl/α,β-unsaturated/α-hetero) is 1. The Balaban J connectivity index is 1.76. The Morgan fingerprint density at radius 2 is 1.96 bits per heavy atom. The van der Waals surface area contributed by atoms with Crippen molar-refractivity contribution >= 4 is 21.5 Å². The minimum absolute atomic E-state index is 0.207. The fraction of sp³-hybridized carbons (Fsp3) is 0.278. The molecule has 0 aliphatic carbocycles. The summed E-state index contributed by atoms with van der Waals surface area (Å²) in [6, 6.07) is 7.60. The van der Waals surface area contributed by atoms with E-state index in [0.29, 0.717) is 36.7 Å². The van der Waals surface area contributed by atoms with Gasteiger partial charge in [-0.15, -0.1) is 0 Å². The molecule has 0 fully saturated rings. The van der Waals surface area contributed by atoms with Gasteiger partial charge in [-0.2, -0.15) is 0 Å². The zero-order valence-electron chi connectivity index (χ0n) is 14.0. The van der Waals surface area contributed by atoms with Crippen LogP contribution in [-0.2, 0) is 16.4 Å². The predicted molar refractivity (Wildman–Crippen MR) is 93.1 cm³/mol. The molecule has 0 atom stereocenters. The van der Waals surface area contributed by atoms with Crippen LogP contribution in [0.3, 0.4) is 0 Å². The highest BCUT2D eigenvalue weighted by Crippen LogP contribution is 2.30. The summed E-state index contributed by atoms with van der Waals surface area (Å²) >= 11 is 0. The summed E-state index contributed by atoms with van der Waals surface area (Å²) in [6.45, 7) is 0.00319. The van der Waals surface area contributed by atoms with Crippen LogP contribution in [0.2, 0.25) is 0 Å². The second kappa shape index (κ2) is 7.03. The third kappa shape index (κ3) is 3.85. The molecule has 1 aliphatic heterocycles. The number of hydrogen-bond donors (Lipinski definition) is 0. The van der Waals surface area contributed by atoms with Crippen LogP contribution < -0.4 is 9.04 Å². The number of ether oxygens (including phenoxy) is 1. The van der Waals surface area contributed by atoms with E-state index in [4.69, 9.17) is 4.74 Å². The average Bonchev–Trinajstić information content (AvgIpc) is 2.59. The molecule has 1 heterocycles. The summed E-state index contributed by atoms with van der Waals surface area (Å²) in [4.78, 5) is 12.3. The molecular weight excluding hydrogens is 364 g/mol. The first-order chi connectivity index (χ1) is 12.3.